The van der Waals surface area contributed by atoms with E-state index in [9.17, 15) is 4.39 Å². The summed E-state index contributed by atoms with van der Waals surface area (Å²) in [6, 6.07) is 4.88. The fourth-order valence-corrected chi connectivity index (χ4v) is 2.08. The molecule has 1 atom stereocenters. The molecule has 1 aromatic heterocycles. The Balaban J connectivity index is 2.09. The molecule has 96 valence electrons. The van der Waals surface area contributed by atoms with Gasteiger partial charge >= 0.3 is 0 Å². The van der Waals surface area contributed by atoms with Crippen LogP contribution in [0.3, 0.4) is 0 Å². The number of hydrogen-bond acceptors (Lipinski definition) is 2. The van der Waals surface area contributed by atoms with Gasteiger partial charge in [0, 0.05) is 18.8 Å². The van der Waals surface area contributed by atoms with Crippen LogP contribution in [0.1, 0.15) is 29.8 Å². The van der Waals surface area contributed by atoms with E-state index in [1.807, 2.05) is 24.5 Å². The lowest BCUT2D eigenvalue weighted by molar-refractivity contribution is 0.614. The normalized spacial score (nSPS) is 12.7. The molecule has 0 saturated carbocycles. The molecule has 1 aromatic carbocycles. The molecule has 0 aliphatic rings. The van der Waals surface area contributed by atoms with Gasteiger partial charge in [-0.3, -0.25) is 0 Å². The summed E-state index contributed by atoms with van der Waals surface area (Å²) < 4.78 is 15.0. The summed E-state index contributed by atoms with van der Waals surface area (Å²) in [4.78, 5) is 4.12. The largest absolute Gasteiger partial charge is 0.333 e. The fourth-order valence-electron chi connectivity index (χ4n) is 2.08. The highest BCUT2D eigenvalue weighted by Gasteiger charge is 2.07. The Kier molecular flexibility index (Phi) is 3.77. The number of aromatic nitrogens is 2. The van der Waals surface area contributed by atoms with E-state index in [1.54, 1.807) is 18.6 Å². The quantitative estimate of drug-likeness (QED) is 0.902. The van der Waals surface area contributed by atoms with E-state index in [0.717, 1.165) is 29.8 Å². The number of hydrogen-bond donors (Lipinski definition) is 1. The molecule has 0 aliphatic heterocycles. The molecule has 4 heteroatoms. The van der Waals surface area contributed by atoms with Crippen molar-refractivity contribution in [3.8, 4) is 0 Å². The lowest BCUT2D eigenvalue weighted by Crippen LogP contribution is -2.13. The van der Waals surface area contributed by atoms with Crippen molar-refractivity contribution in [1.82, 2.24) is 9.55 Å². The molecule has 0 spiro atoms. The Labute approximate surface area is 106 Å². The minimum absolute atomic E-state index is 0.0261. The Bertz CT molecular complexity index is 532. The number of rotatable bonds is 4. The van der Waals surface area contributed by atoms with Crippen LogP contribution in [-0.2, 0) is 13.0 Å². The number of benzene rings is 1. The fraction of sp³-hybridized carbons (Fsp3) is 0.357. The Morgan fingerprint density at radius 1 is 1.44 bits per heavy atom. The van der Waals surface area contributed by atoms with Crippen LogP contribution < -0.4 is 5.73 Å². The van der Waals surface area contributed by atoms with Gasteiger partial charge in [0.15, 0.2) is 0 Å². The smallest absolute Gasteiger partial charge is 0.123 e. The van der Waals surface area contributed by atoms with E-state index in [1.165, 1.54) is 6.07 Å². The second-order valence-corrected chi connectivity index (χ2v) is 4.62. The molecule has 0 saturated heterocycles. The molecule has 0 bridgehead atoms. The van der Waals surface area contributed by atoms with Crippen molar-refractivity contribution in [2.75, 3.05) is 0 Å². The molecule has 0 unspecified atom stereocenters. The summed E-state index contributed by atoms with van der Waals surface area (Å²) in [7, 11) is 0. The van der Waals surface area contributed by atoms with Gasteiger partial charge < -0.3 is 10.3 Å². The highest BCUT2D eigenvalue weighted by Crippen LogP contribution is 2.14. The van der Waals surface area contributed by atoms with Crippen LogP contribution in [0.15, 0.2) is 30.7 Å². The number of aryl methyl sites for hydroxylation is 3. The van der Waals surface area contributed by atoms with Gasteiger partial charge in [0.1, 0.15) is 5.82 Å². The van der Waals surface area contributed by atoms with E-state index >= 15 is 0 Å². The van der Waals surface area contributed by atoms with Gasteiger partial charge in [-0.2, -0.15) is 0 Å². The van der Waals surface area contributed by atoms with Crippen molar-refractivity contribution in [3.63, 3.8) is 0 Å². The van der Waals surface area contributed by atoms with Crippen molar-refractivity contribution in [3.05, 3.63) is 53.4 Å². The average Bonchev–Trinajstić information content (AvgIpc) is 2.76. The summed E-state index contributed by atoms with van der Waals surface area (Å²) in [6.07, 6.45) is 4.43. The molecule has 2 N–H and O–H groups in total. The molecule has 0 amide bonds. The van der Waals surface area contributed by atoms with Crippen LogP contribution in [0.4, 0.5) is 4.39 Å². The first-order valence-electron chi connectivity index (χ1n) is 6.08. The summed E-state index contributed by atoms with van der Waals surface area (Å²) >= 11 is 0. The zero-order chi connectivity index (χ0) is 13.1. The van der Waals surface area contributed by atoms with Crippen molar-refractivity contribution < 1.29 is 4.39 Å². The molecular formula is C14H18FN3. The van der Waals surface area contributed by atoms with Gasteiger partial charge in [0.05, 0.1) is 12.0 Å². The first-order valence-corrected chi connectivity index (χ1v) is 6.08. The SMILES string of the molecule is Cc1cc(F)ccc1CCn1cncc1[C@@H](C)N. The maximum Gasteiger partial charge on any atom is 0.123 e. The summed E-state index contributed by atoms with van der Waals surface area (Å²) in [5.74, 6) is -0.185. The standard InChI is InChI=1S/C14H18FN3/c1-10-7-13(15)4-3-12(10)5-6-18-9-17-8-14(18)11(2)16/h3-4,7-9,11H,5-6,16H2,1-2H3/t11-/m1/s1. The van der Waals surface area contributed by atoms with Crippen molar-refractivity contribution in [2.45, 2.75) is 32.9 Å². The zero-order valence-corrected chi connectivity index (χ0v) is 10.7. The monoisotopic (exact) mass is 247 g/mol. The molecule has 0 aliphatic carbocycles. The topological polar surface area (TPSA) is 43.8 Å². The van der Waals surface area contributed by atoms with E-state index in [2.05, 4.69) is 4.98 Å². The number of nitrogens with zero attached hydrogens (tertiary/aromatic N) is 2. The predicted octanol–water partition coefficient (Wildman–Crippen LogP) is 2.59. The van der Waals surface area contributed by atoms with Crippen LogP contribution >= 0.6 is 0 Å². The second-order valence-electron chi connectivity index (χ2n) is 4.62. The second kappa shape index (κ2) is 5.31. The molecule has 2 aromatic rings. The van der Waals surface area contributed by atoms with Gasteiger partial charge in [-0.1, -0.05) is 6.07 Å². The first-order chi connectivity index (χ1) is 8.58. The third kappa shape index (κ3) is 2.76. The Morgan fingerprint density at radius 2 is 2.22 bits per heavy atom. The van der Waals surface area contributed by atoms with Gasteiger partial charge in [-0.05, 0) is 43.5 Å². The Hall–Kier alpha value is -1.68. The predicted molar refractivity (Wildman–Crippen MR) is 69.7 cm³/mol. The van der Waals surface area contributed by atoms with Crippen LogP contribution in [-0.4, -0.2) is 9.55 Å². The third-order valence-corrected chi connectivity index (χ3v) is 3.14. The summed E-state index contributed by atoms with van der Waals surface area (Å²) in [5, 5.41) is 0. The lowest BCUT2D eigenvalue weighted by Gasteiger charge is -2.11. The molecule has 1 heterocycles. The molecule has 0 radical (unpaired) electrons. The minimum Gasteiger partial charge on any atom is -0.333 e. The van der Waals surface area contributed by atoms with Gasteiger partial charge in [0.25, 0.3) is 0 Å². The van der Waals surface area contributed by atoms with E-state index in [-0.39, 0.29) is 11.9 Å². The van der Waals surface area contributed by atoms with Crippen molar-refractivity contribution >= 4 is 0 Å². The lowest BCUT2D eigenvalue weighted by atomic mass is 10.1. The Morgan fingerprint density at radius 3 is 2.89 bits per heavy atom. The zero-order valence-electron chi connectivity index (χ0n) is 10.7. The van der Waals surface area contributed by atoms with Crippen LogP contribution in [0, 0.1) is 12.7 Å². The van der Waals surface area contributed by atoms with Gasteiger partial charge in [-0.15, -0.1) is 0 Å². The highest BCUT2D eigenvalue weighted by atomic mass is 19.1. The minimum atomic E-state index is -0.185. The van der Waals surface area contributed by atoms with E-state index in [4.69, 9.17) is 5.73 Å². The van der Waals surface area contributed by atoms with Crippen LogP contribution in [0.2, 0.25) is 0 Å². The van der Waals surface area contributed by atoms with Gasteiger partial charge in [0.2, 0.25) is 0 Å². The maximum atomic E-state index is 13.0. The van der Waals surface area contributed by atoms with Crippen LogP contribution in [0.25, 0.3) is 0 Å². The van der Waals surface area contributed by atoms with Crippen molar-refractivity contribution in [1.29, 1.82) is 0 Å². The molecule has 18 heavy (non-hydrogen) atoms. The van der Waals surface area contributed by atoms with Gasteiger partial charge in [-0.25, -0.2) is 9.37 Å². The molecule has 3 nitrogen and oxygen atoms in total. The number of imidazole rings is 1. The molecule has 2 rings (SSSR count). The third-order valence-electron chi connectivity index (χ3n) is 3.14. The average molecular weight is 247 g/mol. The first kappa shape index (κ1) is 12.8. The molecule has 0 fully saturated rings. The summed E-state index contributed by atoms with van der Waals surface area (Å²) in [6.45, 7) is 4.68. The summed E-state index contributed by atoms with van der Waals surface area (Å²) in [5.41, 5.74) is 9.03. The van der Waals surface area contributed by atoms with Crippen LogP contribution in [0.5, 0.6) is 0 Å². The number of halogens is 1. The van der Waals surface area contributed by atoms with E-state index in [0.29, 0.717) is 0 Å². The molecular weight excluding hydrogens is 229 g/mol. The van der Waals surface area contributed by atoms with E-state index < -0.39 is 0 Å². The van der Waals surface area contributed by atoms with Crippen molar-refractivity contribution in [2.24, 2.45) is 5.73 Å². The highest BCUT2D eigenvalue weighted by molar-refractivity contribution is 5.26. The maximum absolute atomic E-state index is 13.0. The number of nitrogens with two attached hydrogens (primary N) is 1.